The minimum atomic E-state index is -0.267. The van der Waals surface area contributed by atoms with Crippen molar-refractivity contribution in [2.75, 3.05) is 0 Å². The van der Waals surface area contributed by atoms with Crippen LogP contribution in [0.3, 0.4) is 0 Å². The van der Waals surface area contributed by atoms with Gasteiger partial charge < -0.3 is 5.11 Å². The fourth-order valence-corrected chi connectivity index (χ4v) is 4.11. The van der Waals surface area contributed by atoms with Crippen LogP contribution >= 0.6 is 0 Å². The summed E-state index contributed by atoms with van der Waals surface area (Å²) in [5, 5.41) is 10.8. The highest BCUT2D eigenvalue weighted by Gasteiger charge is 2.50. The fraction of sp³-hybridized carbons (Fsp3) is 1.00. The van der Waals surface area contributed by atoms with Gasteiger partial charge in [-0.25, -0.2) is 0 Å². The van der Waals surface area contributed by atoms with Gasteiger partial charge in [-0.05, 0) is 49.9 Å². The molecular weight excluding hydrogens is 196 g/mol. The smallest absolute Gasteiger partial charge is 0.0681 e. The maximum Gasteiger partial charge on any atom is 0.0681 e. The van der Waals surface area contributed by atoms with Crippen molar-refractivity contribution in [3.05, 3.63) is 0 Å². The monoisotopic (exact) mass is 224 g/mol. The number of aliphatic hydroxyl groups is 1. The van der Waals surface area contributed by atoms with Gasteiger partial charge in [0.2, 0.25) is 0 Å². The molecule has 0 aromatic carbocycles. The summed E-state index contributed by atoms with van der Waals surface area (Å²) in [4.78, 5) is 0. The molecule has 0 amide bonds. The highest BCUT2D eigenvalue weighted by atomic mass is 16.3. The number of fused-ring (bicyclic) bond motifs is 2. The molecule has 0 heterocycles. The highest BCUT2D eigenvalue weighted by Crippen LogP contribution is 2.53. The molecule has 2 fully saturated rings. The summed E-state index contributed by atoms with van der Waals surface area (Å²) in [6.07, 6.45) is 11.4. The second kappa shape index (κ2) is 5.08. The molecule has 2 saturated carbocycles. The van der Waals surface area contributed by atoms with Crippen LogP contribution in [0.15, 0.2) is 0 Å². The molecule has 2 aliphatic rings. The third kappa shape index (κ3) is 2.45. The van der Waals surface area contributed by atoms with Gasteiger partial charge in [-0.2, -0.15) is 0 Å². The van der Waals surface area contributed by atoms with Gasteiger partial charge in [0.15, 0.2) is 0 Å². The van der Waals surface area contributed by atoms with Crippen LogP contribution in [0, 0.1) is 17.8 Å². The van der Waals surface area contributed by atoms with E-state index in [0.717, 1.165) is 24.7 Å². The average Bonchev–Trinajstić information content (AvgIpc) is 2.83. The lowest BCUT2D eigenvalue weighted by atomic mass is 9.76. The highest BCUT2D eigenvalue weighted by molar-refractivity contribution is 5.01. The van der Waals surface area contributed by atoms with Crippen molar-refractivity contribution in [2.45, 2.75) is 77.2 Å². The van der Waals surface area contributed by atoms with Gasteiger partial charge in [-0.3, -0.25) is 0 Å². The minimum Gasteiger partial charge on any atom is -0.390 e. The Labute approximate surface area is 101 Å². The predicted octanol–water partition coefficient (Wildman–Crippen LogP) is 4.14. The summed E-state index contributed by atoms with van der Waals surface area (Å²) in [6, 6.07) is 0. The zero-order valence-corrected chi connectivity index (χ0v) is 11.0. The van der Waals surface area contributed by atoms with E-state index < -0.39 is 0 Å². The van der Waals surface area contributed by atoms with Crippen molar-refractivity contribution in [3.8, 4) is 0 Å². The molecule has 0 aromatic rings. The maximum atomic E-state index is 10.8. The van der Waals surface area contributed by atoms with E-state index in [1.807, 2.05) is 0 Å². The van der Waals surface area contributed by atoms with E-state index in [1.165, 1.54) is 44.9 Å². The number of rotatable bonds is 6. The summed E-state index contributed by atoms with van der Waals surface area (Å²) >= 11 is 0. The first-order valence-electron chi connectivity index (χ1n) is 7.40. The first-order valence-corrected chi connectivity index (χ1v) is 7.40. The zero-order valence-electron chi connectivity index (χ0n) is 11.0. The SMILES string of the molecule is CCCCC(CC)CC1(O)CC2CCC1C2. The quantitative estimate of drug-likeness (QED) is 0.719. The first kappa shape index (κ1) is 12.4. The van der Waals surface area contributed by atoms with E-state index in [-0.39, 0.29) is 5.60 Å². The Balaban J connectivity index is 1.87. The summed E-state index contributed by atoms with van der Waals surface area (Å²) in [7, 11) is 0. The van der Waals surface area contributed by atoms with Crippen LogP contribution in [0.5, 0.6) is 0 Å². The summed E-state index contributed by atoms with van der Waals surface area (Å²) in [5.74, 6) is 2.27. The third-order valence-electron chi connectivity index (χ3n) is 5.13. The largest absolute Gasteiger partial charge is 0.390 e. The lowest BCUT2D eigenvalue weighted by Crippen LogP contribution is -2.37. The Hall–Kier alpha value is -0.0400. The summed E-state index contributed by atoms with van der Waals surface area (Å²) in [5.41, 5.74) is -0.267. The van der Waals surface area contributed by atoms with E-state index >= 15 is 0 Å². The molecule has 4 atom stereocenters. The fourth-order valence-electron chi connectivity index (χ4n) is 4.11. The van der Waals surface area contributed by atoms with Gasteiger partial charge in [0.1, 0.15) is 0 Å². The molecule has 4 unspecified atom stereocenters. The molecule has 0 aromatic heterocycles. The van der Waals surface area contributed by atoms with Crippen LogP contribution in [-0.4, -0.2) is 10.7 Å². The zero-order chi connectivity index (χ0) is 11.6. The van der Waals surface area contributed by atoms with E-state index in [4.69, 9.17) is 0 Å². The van der Waals surface area contributed by atoms with E-state index in [9.17, 15) is 5.11 Å². The van der Waals surface area contributed by atoms with Crippen LogP contribution in [0.2, 0.25) is 0 Å². The molecule has 0 spiro atoms. The Morgan fingerprint density at radius 3 is 2.62 bits per heavy atom. The molecule has 0 radical (unpaired) electrons. The summed E-state index contributed by atoms with van der Waals surface area (Å²) in [6.45, 7) is 4.55. The van der Waals surface area contributed by atoms with Crippen molar-refractivity contribution in [1.29, 1.82) is 0 Å². The van der Waals surface area contributed by atoms with E-state index in [1.54, 1.807) is 0 Å². The van der Waals surface area contributed by atoms with Gasteiger partial charge in [-0.15, -0.1) is 0 Å². The molecule has 1 heteroatoms. The van der Waals surface area contributed by atoms with E-state index in [0.29, 0.717) is 5.92 Å². The molecule has 94 valence electrons. The van der Waals surface area contributed by atoms with Gasteiger partial charge in [0, 0.05) is 0 Å². The topological polar surface area (TPSA) is 20.2 Å². The Kier molecular flexibility index (Phi) is 3.94. The summed E-state index contributed by atoms with van der Waals surface area (Å²) < 4.78 is 0. The normalized spacial score (nSPS) is 39.2. The Morgan fingerprint density at radius 2 is 2.12 bits per heavy atom. The first-order chi connectivity index (χ1) is 7.68. The van der Waals surface area contributed by atoms with Crippen LogP contribution in [0.1, 0.15) is 71.6 Å². The second-order valence-electron chi connectivity index (χ2n) is 6.30. The average molecular weight is 224 g/mol. The van der Waals surface area contributed by atoms with E-state index in [2.05, 4.69) is 13.8 Å². The second-order valence-corrected chi connectivity index (χ2v) is 6.30. The van der Waals surface area contributed by atoms with Crippen LogP contribution in [0.25, 0.3) is 0 Å². The third-order valence-corrected chi connectivity index (χ3v) is 5.13. The molecule has 2 rings (SSSR count). The molecule has 2 bridgehead atoms. The number of unbranched alkanes of at least 4 members (excludes halogenated alkanes) is 1. The molecular formula is C15H28O. The molecule has 1 N–H and O–H groups in total. The van der Waals surface area contributed by atoms with Crippen molar-refractivity contribution >= 4 is 0 Å². The Morgan fingerprint density at radius 1 is 1.31 bits per heavy atom. The molecule has 0 saturated heterocycles. The van der Waals surface area contributed by atoms with Crippen LogP contribution < -0.4 is 0 Å². The van der Waals surface area contributed by atoms with Crippen molar-refractivity contribution in [1.82, 2.24) is 0 Å². The van der Waals surface area contributed by atoms with Crippen LogP contribution in [-0.2, 0) is 0 Å². The van der Waals surface area contributed by atoms with Crippen molar-refractivity contribution in [3.63, 3.8) is 0 Å². The lowest BCUT2D eigenvalue weighted by molar-refractivity contribution is -0.0352. The van der Waals surface area contributed by atoms with Gasteiger partial charge in [0.05, 0.1) is 5.60 Å². The lowest BCUT2D eigenvalue weighted by Gasteiger charge is -2.35. The number of hydrogen-bond acceptors (Lipinski definition) is 1. The minimum absolute atomic E-state index is 0.267. The van der Waals surface area contributed by atoms with Crippen LogP contribution in [0.4, 0.5) is 0 Å². The van der Waals surface area contributed by atoms with Crippen molar-refractivity contribution in [2.24, 2.45) is 17.8 Å². The van der Waals surface area contributed by atoms with Gasteiger partial charge >= 0.3 is 0 Å². The molecule has 16 heavy (non-hydrogen) atoms. The Bertz CT molecular complexity index is 225. The standard InChI is InChI=1S/C15H28O/c1-3-5-6-12(4-2)10-15(16)11-13-7-8-14(15)9-13/h12-14,16H,3-11H2,1-2H3. The number of hydrogen-bond donors (Lipinski definition) is 1. The molecule has 0 aliphatic heterocycles. The van der Waals surface area contributed by atoms with Crippen molar-refractivity contribution < 1.29 is 5.11 Å². The van der Waals surface area contributed by atoms with Gasteiger partial charge in [0.25, 0.3) is 0 Å². The molecule has 1 nitrogen and oxygen atoms in total. The van der Waals surface area contributed by atoms with Gasteiger partial charge in [-0.1, -0.05) is 39.5 Å². The predicted molar refractivity (Wildman–Crippen MR) is 68.3 cm³/mol. The molecule has 2 aliphatic carbocycles. The maximum absolute atomic E-state index is 10.8.